The number of furan rings is 1. The van der Waals surface area contributed by atoms with Gasteiger partial charge >= 0.3 is 0 Å². The normalized spacial score (nSPS) is 12.8. The van der Waals surface area contributed by atoms with Crippen molar-refractivity contribution in [2.24, 2.45) is 0 Å². The first-order valence-corrected chi connectivity index (χ1v) is 28.2. The van der Waals surface area contributed by atoms with Crippen LogP contribution in [-0.4, -0.2) is 9.13 Å². The van der Waals surface area contributed by atoms with Crippen LogP contribution >= 0.6 is 22.7 Å². The molecule has 5 heterocycles. The molecule has 0 unspecified atom stereocenters. The van der Waals surface area contributed by atoms with Crippen LogP contribution in [0.5, 0.6) is 0 Å². The van der Waals surface area contributed by atoms with Crippen LogP contribution in [0.1, 0.15) is 12.4 Å². The van der Waals surface area contributed by atoms with Gasteiger partial charge in [-0.05, 0) is 64.2 Å². The van der Waals surface area contributed by atoms with E-state index < -0.39 is 18.1 Å². The fraction of sp³-hybridized carbons (Fsp3) is 0. The Morgan fingerprint density at radius 1 is 0.457 bits per heavy atom. The van der Waals surface area contributed by atoms with E-state index in [4.69, 9.17) is 8.53 Å². The average Bonchev–Trinajstić information content (AvgIpc) is 1.53. The number of nitriles is 1. The molecule has 0 N–H and O–H groups in total. The van der Waals surface area contributed by atoms with E-state index in [9.17, 15) is 14.6 Å². The number of rotatable bonds is 6. The fourth-order valence-corrected chi connectivity index (χ4v) is 15.4. The molecule has 0 atom stereocenters. The number of para-hydroxylation sites is 3. The number of hydrogen-bond donors (Lipinski definition) is 0. The van der Waals surface area contributed by atoms with Crippen LogP contribution in [-0.2, 0) is 0 Å². The fourth-order valence-electron chi connectivity index (χ4n) is 12.9. The molecule has 374 valence electrons. The summed E-state index contributed by atoms with van der Waals surface area (Å²) in [4.78, 5) is 4.62. The second-order valence-corrected chi connectivity index (χ2v) is 22.5. The molecule has 0 saturated heterocycles. The third kappa shape index (κ3) is 6.45. The van der Waals surface area contributed by atoms with Gasteiger partial charge in [-0.2, -0.15) is 5.26 Å². The Balaban J connectivity index is 1.15. The molecule has 0 saturated carbocycles. The van der Waals surface area contributed by atoms with Gasteiger partial charge in [-0.1, -0.05) is 206 Å². The molecule has 0 aliphatic carbocycles. The van der Waals surface area contributed by atoms with E-state index in [2.05, 4.69) is 123 Å². The first-order chi connectivity index (χ1) is 42.2. The Morgan fingerprint density at radius 3 is 1.80 bits per heavy atom. The molecule has 17 rings (SSSR count). The molecule has 5 aromatic heterocycles. The molecule has 7 heteroatoms. The number of nitrogens with zero attached hydrogens (tertiary/aromatic N) is 4. The summed E-state index contributed by atoms with van der Waals surface area (Å²) in [5.74, 6) is 0. The summed E-state index contributed by atoms with van der Waals surface area (Å²) in [7, 11) is 0. The highest BCUT2D eigenvalue weighted by atomic mass is 32.1. The predicted octanol–water partition coefficient (Wildman–Crippen LogP) is 21.6. The molecule has 0 bridgehead atoms. The number of aromatic nitrogens is 2. The minimum atomic E-state index is -0.479. The maximum Gasteiger partial charge on any atom is 0.220 e. The zero-order chi connectivity index (χ0) is 57.8. The van der Waals surface area contributed by atoms with Crippen molar-refractivity contribution in [1.82, 2.24) is 9.13 Å². The first-order valence-electron chi connectivity index (χ1n) is 29.1. The van der Waals surface area contributed by atoms with Crippen molar-refractivity contribution in [3.63, 3.8) is 0 Å². The van der Waals surface area contributed by atoms with Gasteiger partial charge in [-0.15, -0.1) is 22.7 Å². The van der Waals surface area contributed by atoms with Crippen molar-refractivity contribution in [3.05, 3.63) is 260 Å². The zero-order valence-corrected chi connectivity index (χ0v) is 44.4. The van der Waals surface area contributed by atoms with Crippen molar-refractivity contribution in [2.75, 3.05) is 0 Å². The van der Waals surface area contributed by atoms with Gasteiger partial charge in [0.15, 0.2) is 0 Å². The summed E-state index contributed by atoms with van der Waals surface area (Å²) in [5.41, 5.74) is 11.2. The van der Waals surface area contributed by atoms with Gasteiger partial charge in [-0.25, -0.2) is 4.85 Å². The van der Waals surface area contributed by atoms with Crippen molar-refractivity contribution in [3.8, 4) is 62.0 Å². The SMILES string of the molecule is [2H]c1c([2H])c([2H])c(-c2cc3c4ccccc4sc3c3c2c2ccc4c5ccccc5sc4c2n3-c2c(C#N)c(-c3ccccc3)c([N+]#[C-])c(-n3c4ccccc4c4ccc(-c5cccc6c5oc5ccccc56)cc43)c2-c2ccccc2)c([2H])c1[2H]. The highest BCUT2D eigenvalue weighted by molar-refractivity contribution is 7.27. The van der Waals surface area contributed by atoms with Crippen molar-refractivity contribution in [1.29, 1.82) is 5.26 Å². The van der Waals surface area contributed by atoms with Crippen LogP contribution < -0.4 is 0 Å². The van der Waals surface area contributed by atoms with Crippen molar-refractivity contribution < 1.29 is 11.3 Å². The number of benzene rings is 12. The third-order valence-corrected chi connectivity index (χ3v) is 18.6. The Kier molecular flexibility index (Phi) is 8.77. The van der Waals surface area contributed by atoms with Gasteiger partial charge in [0.25, 0.3) is 0 Å². The summed E-state index contributed by atoms with van der Waals surface area (Å²) in [6.45, 7) is 9.61. The molecule has 5 nitrogen and oxygen atoms in total. The smallest absolute Gasteiger partial charge is 0.220 e. The van der Waals surface area contributed by atoms with E-state index in [-0.39, 0.29) is 28.9 Å². The number of hydrogen-bond acceptors (Lipinski definition) is 4. The van der Waals surface area contributed by atoms with Crippen LogP contribution in [0.15, 0.2) is 247 Å². The summed E-state index contributed by atoms with van der Waals surface area (Å²) >= 11 is 3.27. The lowest BCUT2D eigenvalue weighted by Gasteiger charge is -2.26. The minimum absolute atomic E-state index is 0.0749. The van der Waals surface area contributed by atoms with Gasteiger partial charge in [-0.3, -0.25) is 0 Å². The molecule has 0 radical (unpaired) electrons. The summed E-state index contributed by atoms with van der Waals surface area (Å²) in [6.07, 6.45) is 0. The van der Waals surface area contributed by atoms with Gasteiger partial charge in [0.2, 0.25) is 5.69 Å². The molecule has 0 aliphatic heterocycles. The van der Waals surface area contributed by atoms with Crippen LogP contribution in [0.3, 0.4) is 0 Å². The highest BCUT2D eigenvalue weighted by Crippen LogP contribution is 2.56. The van der Waals surface area contributed by atoms with E-state index in [1.54, 1.807) is 22.7 Å². The van der Waals surface area contributed by atoms with E-state index in [0.29, 0.717) is 44.5 Å². The Morgan fingerprint density at radius 2 is 1.06 bits per heavy atom. The summed E-state index contributed by atoms with van der Waals surface area (Å²) < 4.78 is 61.3. The topological polar surface area (TPSA) is 51.1 Å². The van der Waals surface area contributed by atoms with Crippen LogP contribution in [0.4, 0.5) is 5.69 Å². The van der Waals surface area contributed by atoms with Crippen LogP contribution in [0.25, 0.3) is 167 Å². The Bertz CT molecular complexity index is 5910. The molecule has 17 aromatic rings. The molecule has 0 aliphatic rings. The molecular formula is C74H40N4OS2. The maximum absolute atomic E-state index is 12.5. The lowest BCUT2D eigenvalue weighted by molar-refractivity contribution is 0.670. The first kappa shape index (κ1) is 40.6. The van der Waals surface area contributed by atoms with Gasteiger partial charge in [0, 0.05) is 80.0 Å². The van der Waals surface area contributed by atoms with Crippen LogP contribution in [0.2, 0.25) is 0 Å². The van der Waals surface area contributed by atoms with Gasteiger partial charge < -0.3 is 13.6 Å². The molecule has 0 amide bonds. The lowest BCUT2D eigenvalue weighted by Crippen LogP contribution is -2.09. The van der Waals surface area contributed by atoms with E-state index in [1.807, 2.05) is 109 Å². The number of thiophene rings is 2. The lowest BCUT2D eigenvalue weighted by atomic mass is 9.88. The second-order valence-electron chi connectivity index (χ2n) is 20.4. The molecule has 0 spiro atoms. The van der Waals surface area contributed by atoms with Crippen LogP contribution in [0, 0.1) is 17.9 Å². The molecular weight excluding hydrogens is 1020 g/mol. The summed E-state index contributed by atoms with van der Waals surface area (Å²) in [5, 5.41) is 21.7. The third-order valence-electron chi connectivity index (χ3n) is 16.3. The highest BCUT2D eigenvalue weighted by Gasteiger charge is 2.34. The second kappa shape index (κ2) is 17.5. The maximum atomic E-state index is 12.5. The monoisotopic (exact) mass is 1070 g/mol. The van der Waals surface area contributed by atoms with E-state index >= 15 is 0 Å². The molecule has 81 heavy (non-hydrogen) atoms. The Hall–Kier alpha value is -10.5. The summed E-state index contributed by atoms with van der Waals surface area (Å²) in [6, 6.07) is 72.5. The van der Waals surface area contributed by atoms with Gasteiger partial charge in [0.1, 0.15) is 17.2 Å². The van der Waals surface area contributed by atoms with E-state index in [0.717, 1.165) is 112 Å². The van der Waals surface area contributed by atoms with Crippen molar-refractivity contribution >= 4 is 134 Å². The standard InChI is InChI=1S/C74H40N4OS2/c1-76-67-64(44-22-7-3-8-23-44)58(42-75)68(78-69-55(39-38-54-51-28-13-17-34-62(51)80-73(54)69)66-56(43-20-5-2-6-21-43)41-57-52-29-14-18-35-63(52)81-74(57)71(66)78)65(45-24-9-4-10-25-45)70(67)77-59-32-15-11-26-48(59)49-37-36-46(40-60(49)77)47-30-19-31-53-50-27-12-16-33-61(50)79-72(47)53/h2-41H/i2D,5D,6D,20D,21D. The Labute approximate surface area is 478 Å². The minimum Gasteiger partial charge on any atom is -0.455 e. The quantitative estimate of drug-likeness (QED) is 0.156. The largest absolute Gasteiger partial charge is 0.455 e. The molecule has 0 fully saturated rings. The van der Waals surface area contributed by atoms with Crippen molar-refractivity contribution in [2.45, 2.75) is 0 Å². The zero-order valence-electron chi connectivity index (χ0n) is 47.7. The number of fused-ring (bicyclic) bond motifs is 17. The average molecular weight is 1070 g/mol. The molecule has 12 aromatic carbocycles. The van der Waals surface area contributed by atoms with E-state index in [1.165, 1.54) is 0 Å². The van der Waals surface area contributed by atoms with Gasteiger partial charge in [0.05, 0.1) is 61.8 Å². The predicted molar refractivity (Wildman–Crippen MR) is 341 cm³/mol.